The molecule has 0 aliphatic heterocycles. The zero-order chi connectivity index (χ0) is 10.8. The van der Waals surface area contributed by atoms with E-state index < -0.39 is 0 Å². The number of rotatable bonds is 2. The Morgan fingerprint density at radius 3 is 2.07 bits per heavy atom. The summed E-state index contributed by atoms with van der Waals surface area (Å²) in [5.74, 6) is 0.772. The first-order valence-electron chi connectivity index (χ1n) is 5.03. The van der Waals surface area contributed by atoms with Crippen molar-refractivity contribution < 1.29 is 5.11 Å². The van der Waals surface area contributed by atoms with Gasteiger partial charge in [0.2, 0.25) is 0 Å². The molecule has 14 heavy (non-hydrogen) atoms. The summed E-state index contributed by atoms with van der Waals surface area (Å²) in [7, 11) is 0. The van der Waals surface area contributed by atoms with Crippen LogP contribution < -0.4 is 0 Å². The molecule has 0 aliphatic rings. The number of phenols is 1. The molecule has 1 atom stereocenters. The van der Waals surface area contributed by atoms with Crippen LogP contribution in [0.5, 0.6) is 5.75 Å². The Morgan fingerprint density at radius 1 is 1.21 bits per heavy atom. The fraction of sp³-hybridized carbons (Fsp3) is 0.462. The Bertz CT molecular complexity index is 279. The summed E-state index contributed by atoms with van der Waals surface area (Å²) in [6, 6.07) is 7.44. The van der Waals surface area contributed by atoms with Crippen molar-refractivity contribution in [3.63, 3.8) is 0 Å². The molecule has 0 aliphatic carbocycles. The molecule has 1 aromatic carbocycles. The van der Waals surface area contributed by atoms with Gasteiger partial charge in [0.1, 0.15) is 5.75 Å². The average Bonchev–Trinajstić information content (AvgIpc) is 2.07. The molecular weight excluding hydrogens is 172 g/mol. The average molecular weight is 191 g/mol. The van der Waals surface area contributed by atoms with Crippen LogP contribution in [0, 0.1) is 12.3 Å². The molecule has 0 saturated heterocycles. The highest BCUT2D eigenvalue weighted by atomic mass is 16.3. The van der Waals surface area contributed by atoms with Gasteiger partial charge in [-0.3, -0.25) is 0 Å². The van der Waals surface area contributed by atoms with E-state index in [1.54, 1.807) is 12.1 Å². The van der Waals surface area contributed by atoms with E-state index in [4.69, 9.17) is 0 Å². The zero-order valence-electron chi connectivity index (χ0n) is 9.25. The minimum atomic E-state index is 0.221. The maximum atomic E-state index is 9.20. The largest absolute Gasteiger partial charge is 0.508 e. The molecule has 1 aromatic rings. The van der Waals surface area contributed by atoms with E-state index in [0.717, 1.165) is 6.42 Å². The second-order valence-electron chi connectivity index (χ2n) is 4.80. The minimum Gasteiger partial charge on any atom is -0.508 e. The molecule has 0 spiro atoms. The molecule has 1 rings (SSSR count). The summed E-state index contributed by atoms with van der Waals surface area (Å²) in [5, 5.41) is 9.20. The van der Waals surface area contributed by atoms with Gasteiger partial charge in [-0.25, -0.2) is 0 Å². The molecule has 0 heterocycles. The standard InChI is InChI=1S/C13H19O/c1-5-12(13(2,3)4)10-6-8-11(14)9-7-10/h6-9,12,14H,1,5H2,2-4H3. The zero-order valence-corrected chi connectivity index (χ0v) is 9.25. The van der Waals surface area contributed by atoms with Crippen molar-refractivity contribution in [2.24, 2.45) is 5.41 Å². The minimum absolute atomic E-state index is 0.221. The van der Waals surface area contributed by atoms with Gasteiger partial charge in [-0.05, 0) is 35.4 Å². The third-order valence-corrected chi connectivity index (χ3v) is 2.63. The van der Waals surface area contributed by atoms with Gasteiger partial charge in [0, 0.05) is 0 Å². The van der Waals surface area contributed by atoms with Gasteiger partial charge >= 0.3 is 0 Å². The fourth-order valence-electron chi connectivity index (χ4n) is 1.81. The van der Waals surface area contributed by atoms with Gasteiger partial charge in [0.05, 0.1) is 0 Å². The highest BCUT2D eigenvalue weighted by Gasteiger charge is 2.24. The van der Waals surface area contributed by atoms with Crippen molar-refractivity contribution in [3.05, 3.63) is 36.8 Å². The van der Waals surface area contributed by atoms with E-state index >= 15 is 0 Å². The van der Waals surface area contributed by atoms with E-state index in [-0.39, 0.29) is 5.41 Å². The van der Waals surface area contributed by atoms with Crippen LogP contribution in [0.25, 0.3) is 0 Å². The first-order valence-corrected chi connectivity index (χ1v) is 5.03. The van der Waals surface area contributed by atoms with E-state index in [9.17, 15) is 5.11 Å². The van der Waals surface area contributed by atoms with E-state index in [0.29, 0.717) is 11.7 Å². The summed E-state index contributed by atoms with van der Waals surface area (Å²) in [6.07, 6.45) is 0.883. The van der Waals surface area contributed by atoms with Gasteiger partial charge < -0.3 is 5.11 Å². The van der Waals surface area contributed by atoms with Gasteiger partial charge in [-0.1, -0.05) is 39.8 Å². The van der Waals surface area contributed by atoms with Gasteiger partial charge in [0.25, 0.3) is 0 Å². The molecule has 0 aromatic heterocycles. The van der Waals surface area contributed by atoms with Crippen molar-refractivity contribution >= 4 is 0 Å². The molecule has 0 amide bonds. The van der Waals surface area contributed by atoms with Crippen molar-refractivity contribution in [1.29, 1.82) is 0 Å². The monoisotopic (exact) mass is 191 g/mol. The lowest BCUT2D eigenvalue weighted by atomic mass is 9.75. The number of hydrogen-bond donors (Lipinski definition) is 1. The molecule has 1 unspecified atom stereocenters. The molecule has 0 fully saturated rings. The lowest BCUT2D eigenvalue weighted by molar-refractivity contribution is 0.320. The topological polar surface area (TPSA) is 20.2 Å². The lowest BCUT2D eigenvalue weighted by Gasteiger charge is -2.30. The Kier molecular flexibility index (Phi) is 3.20. The van der Waals surface area contributed by atoms with Crippen LogP contribution >= 0.6 is 0 Å². The van der Waals surface area contributed by atoms with Crippen LogP contribution in [-0.4, -0.2) is 5.11 Å². The molecule has 77 valence electrons. The van der Waals surface area contributed by atoms with Crippen LogP contribution in [0.1, 0.15) is 38.7 Å². The summed E-state index contributed by atoms with van der Waals surface area (Å²) in [5.41, 5.74) is 1.48. The SMILES string of the molecule is [CH2]CC(c1ccc(O)cc1)C(C)(C)C. The molecule has 1 heteroatoms. The van der Waals surface area contributed by atoms with E-state index in [2.05, 4.69) is 27.7 Å². The maximum Gasteiger partial charge on any atom is 0.115 e. The van der Waals surface area contributed by atoms with Crippen molar-refractivity contribution in [2.75, 3.05) is 0 Å². The molecule has 0 bridgehead atoms. The van der Waals surface area contributed by atoms with Gasteiger partial charge in [-0.2, -0.15) is 0 Å². The number of aromatic hydroxyl groups is 1. The summed E-state index contributed by atoms with van der Waals surface area (Å²) in [4.78, 5) is 0. The summed E-state index contributed by atoms with van der Waals surface area (Å²) >= 11 is 0. The molecule has 0 saturated carbocycles. The summed E-state index contributed by atoms with van der Waals surface area (Å²) < 4.78 is 0. The third-order valence-electron chi connectivity index (χ3n) is 2.63. The van der Waals surface area contributed by atoms with E-state index in [1.165, 1.54) is 5.56 Å². The molecular formula is C13H19O. The quantitative estimate of drug-likeness (QED) is 0.755. The van der Waals surface area contributed by atoms with Gasteiger partial charge in [-0.15, -0.1) is 0 Å². The normalized spacial score (nSPS) is 14.0. The number of benzene rings is 1. The first-order chi connectivity index (χ1) is 6.45. The second kappa shape index (κ2) is 4.04. The second-order valence-corrected chi connectivity index (χ2v) is 4.80. The Labute approximate surface area is 86.8 Å². The van der Waals surface area contributed by atoms with Crippen LogP contribution in [0.3, 0.4) is 0 Å². The van der Waals surface area contributed by atoms with E-state index in [1.807, 2.05) is 12.1 Å². The van der Waals surface area contributed by atoms with Crippen LogP contribution in [0.4, 0.5) is 0 Å². The number of phenolic OH excluding ortho intramolecular Hbond substituents is 1. The Morgan fingerprint density at radius 2 is 1.71 bits per heavy atom. The van der Waals surface area contributed by atoms with Crippen molar-refractivity contribution in [1.82, 2.24) is 0 Å². The maximum absolute atomic E-state index is 9.20. The first kappa shape index (κ1) is 11.1. The molecule has 1 radical (unpaired) electrons. The van der Waals surface area contributed by atoms with Crippen molar-refractivity contribution in [3.8, 4) is 5.75 Å². The lowest BCUT2D eigenvalue weighted by Crippen LogP contribution is -2.17. The number of hydrogen-bond acceptors (Lipinski definition) is 1. The van der Waals surface area contributed by atoms with Crippen LogP contribution in [0.15, 0.2) is 24.3 Å². The fourth-order valence-corrected chi connectivity index (χ4v) is 1.81. The Balaban J connectivity index is 2.96. The van der Waals surface area contributed by atoms with Crippen molar-refractivity contribution in [2.45, 2.75) is 33.1 Å². The molecule has 1 N–H and O–H groups in total. The van der Waals surface area contributed by atoms with Gasteiger partial charge in [0.15, 0.2) is 0 Å². The molecule has 1 nitrogen and oxygen atoms in total. The summed E-state index contributed by atoms with van der Waals surface area (Å²) in [6.45, 7) is 10.6. The van der Waals surface area contributed by atoms with Crippen LogP contribution in [-0.2, 0) is 0 Å². The highest BCUT2D eigenvalue weighted by molar-refractivity contribution is 5.29. The predicted octanol–water partition coefficient (Wildman–Crippen LogP) is 3.75. The highest BCUT2D eigenvalue weighted by Crippen LogP contribution is 2.37. The third kappa shape index (κ3) is 2.50. The predicted molar refractivity (Wildman–Crippen MR) is 60.3 cm³/mol. The smallest absolute Gasteiger partial charge is 0.115 e. The Hall–Kier alpha value is -0.980. The van der Waals surface area contributed by atoms with Crippen LogP contribution in [0.2, 0.25) is 0 Å².